The Morgan fingerprint density at radius 3 is 1.20 bits per heavy atom. The van der Waals surface area contributed by atoms with E-state index >= 15 is 0 Å². The van der Waals surface area contributed by atoms with Crippen LogP contribution < -0.4 is 0 Å². The molecule has 2 nitrogen and oxygen atoms in total. The number of aliphatic hydroxyl groups excluding tert-OH is 2. The number of halogens is 4. The van der Waals surface area contributed by atoms with Gasteiger partial charge in [-0.3, -0.25) is 0 Å². The molecule has 0 aromatic rings. The third-order valence-corrected chi connectivity index (χ3v) is 1.01. The summed E-state index contributed by atoms with van der Waals surface area (Å²) >= 11 is 0. The minimum Gasteiger partial charge on any atom is -0.393 e. The predicted octanol–water partition coefficient (Wildman–Crippen LogP) is 0.242. The zero-order valence-electron chi connectivity index (χ0n) is 4.82. The summed E-state index contributed by atoms with van der Waals surface area (Å²) in [7, 11) is 0. The zero-order chi connectivity index (χ0) is 8.41. The van der Waals surface area contributed by atoms with Gasteiger partial charge < -0.3 is 10.2 Å². The monoisotopic (exact) mass is 162 g/mol. The van der Waals surface area contributed by atoms with Crippen LogP contribution in [0.2, 0.25) is 0 Å². The fourth-order valence-corrected chi connectivity index (χ4v) is 0.229. The first kappa shape index (κ1) is 9.64. The molecule has 0 spiro atoms. The molecule has 6 heteroatoms. The van der Waals surface area contributed by atoms with Crippen molar-refractivity contribution < 1.29 is 27.8 Å². The Bertz CT molecular complexity index is 106. The van der Waals surface area contributed by atoms with Crippen LogP contribution in [-0.2, 0) is 0 Å². The molecular formula is C4H6F4O2. The Morgan fingerprint density at radius 2 is 1.20 bits per heavy atom. The van der Waals surface area contributed by atoms with Crippen molar-refractivity contribution in [3.8, 4) is 0 Å². The SMILES string of the molecule is OCC(F)(CO)C(F)(F)F. The molecule has 0 atom stereocenters. The summed E-state index contributed by atoms with van der Waals surface area (Å²) in [6.45, 7) is -3.51. The predicted molar refractivity (Wildman–Crippen MR) is 24.1 cm³/mol. The van der Waals surface area contributed by atoms with Crippen LogP contribution >= 0.6 is 0 Å². The molecule has 10 heavy (non-hydrogen) atoms. The van der Waals surface area contributed by atoms with Crippen LogP contribution in [0.5, 0.6) is 0 Å². The Balaban J connectivity index is 4.33. The van der Waals surface area contributed by atoms with Crippen molar-refractivity contribution in [1.29, 1.82) is 0 Å². The minimum atomic E-state index is -5.21. The molecule has 0 rings (SSSR count). The number of rotatable bonds is 2. The first-order chi connectivity index (χ1) is 4.37. The fraction of sp³-hybridized carbons (Fsp3) is 1.00. The van der Waals surface area contributed by atoms with Gasteiger partial charge in [-0.25, -0.2) is 4.39 Å². The average molecular weight is 162 g/mol. The Morgan fingerprint density at radius 1 is 0.900 bits per heavy atom. The highest BCUT2D eigenvalue weighted by Crippen LogP contribution is 2.32. The Hall–Kier alpha value is -0.360. The first-order valence-corrected chi connectivity index (χ1v) is 2.35. The summed E-state index contributed by atoms with van der Waals surface area (Å²) < 4.78 is 46.4. The van der Waals surface area contributed by atoms with E-state index in [4.69, 9.17) is 10.2 Å². The van der Waals surface area contributed by atoms with Crippen molar-refractivity contribution in [2.24, 2.45) is 0 Å². The topological polar surface area (TPSA) is 40.5 Å². The van der Waals surface area contributed by atoms with Crippen molar-refractivity contribution in [1.82, 2.24) is 0 Å². The van der Waals surface area contributed by atoms with Crippen molar-refractivity contribution in [3.05, 3.63) is 0 Å². The smallest absolute Gasteiger partial charge is 0.393 e. The molecule has 0 fully saturated rings. The van der Waals surface area contributed by atoms with Crippen molar-refractivity contribution in [2.45, 2.75) is 11.8 Å². The second-order valence-corrected chi connectivity index (χ2v) is 1.78. The highest BCUT2D eigenvalue weighted by atomic mass is 19.4. The van der Waals surface area contributed by atoms with Gasteiger partial charge in [0, 0.05) is 0 Å². The molecule has 0 saturated carbocycles. The number of hydrogen-bond donors (Lipinski definition) is 2. The van der Waals surface area contributed by atoms with Gasteiger partial charge in [0.15, 0.2) is 0 Å². The van der Waals surface area contributed by atoms with E-state index in [1.54, 1.807) is 0 Å². The van der Waals surface area contributed by atoms with E-state index in [9.17, 15) is 17.6 Å². The van der Waals surface area contributed by atoms with Gasteiger partial charge in [0.1, 0.15) is 0 Å². The fourth-order valence-electron chi connectivity index (χ4n) is 0.229. The number of alkyl halides is 4. The quantitative estimate of drug-likeness (QED) is 0.571. The zero-order valence-corrected chi connectivity index (χ0v) is 4.82. The molecular weight excluding hydrogens is 156 g/mol. The van der Waals surface area contributed by atoms with E-state index in [-0.39, 0.29) is 0 Å². The van der Waals surface area contributed by atoms with Gasteiger partial charge in [0.25, 0.3) is 5.67 Å². The molecule has 0 saturated heterocycles. The second kappa shape index (κ2) is 2.71. The van der Waals surface area contributed by atoms with E-state index in [0.29, 0.717) is 0 Å². The maximum Gasteiger partial charge on any atom is 0.427 e. The molecule has 62 valence electrons. The summed E-state index contributed by atoms with van der Waals surface area (Å²) in [5, 5.41) is 15.7. The maximum absolute atomic E-state index is 12.1. The second-order valence-electron chi connectivity index (χ2n) is 1.78. The molecule has 0 bridgehead atoms. The average Bonchev–Trinajstić information content (AvgIpc) is 1.84. The van der Waals surface area contributed by atoms with Crippen LogP contribution in [0.1, 0.15) is 0 Å². The van der Waals surface area contributed by atoms with Crippen LogP contribution in [0.25, 0.3) is 0 Å². The van der Waals surface area contributed by atoms with E-state index in [1.165, 1.54) is 0 Å². The molecule has 0 aliphatic heterocycles. The van der Waals surface area contributed by atoms with Gasteiger partial charge in [0.05, 0.1) is 13.2 Å². The number of hydrogen-bond acceptors (Lipinski definition) is 2. The molecule has 0 aromatic carbocycles. The lowest BCUT2D eigenvalue weighted by atomic mass is 10.1. The van der Waals surface area contributed by atoms with Gasteiger partial charge in [0.2, 0.25) is 0 Å². The summed E-state index contributed by atoms with van der Waals surface area (Å²) in [4.78, 5) is 0. The molecule has 0 unspecified atom stereocenters. The number of aliphatic hydroxyl groups is 2. The van der Waals surface area contributed by atoms with E-state index < -0.39 is 25.1 Å². The summed E-state index contributed by atoms with van der Waals surface area (Å²) in [6, 6.07) is 0. The van der Waals surface area contributed by atoms with Gasteiger partial charge >= 0.3 is 6.18 Å². The third-order valence-electron chi connectivity index (χ3n) is 1.01. The van der Waals surface area contributed by atoms with Crippen LogP contribution in [0.4, 0.5) is 17.6 Å². The van der Waals surface area contributed by atoms with E-state index in [2.05, 4.69) is 0 Å². The van der Waals surface area contributed by atoms with Crippen LogP contribution in [0.15, 0.2) is 0 Å². The lowest BCUT2D eigenvalue weighted by molar-refractivity contribution is -0.251. The minimum absolute atomic E-state index is 1.76. The summed E-state index contributed by atoms with van der Waals surface area (Å²) in [6.07, 6.45) is -5.21. The molecule has 0 heterocycles. The molecule has 2 N–H and O–H groups in total. The first-order valence-electron chi connectivity index (χ1n) is 2.35. The van der Waals surface area contributed by atoms with Gasteiger partial charge in [-0.2, -0.15) is 13.2 Å². The Labute approximate surface area is 54.1 Å². The van der Waals surface area contributed by atoms with E-state index in [1.807, 2.05) is 0 Å². The van der Waals surface area contributed by atoms with E-state index in [0.717, 1.165) is 0 Å². The van der Waals surface area contributed by atoms with Gasteiger partial charge in [-0.05, 0) is 0 Å². The largest absolute Gasteiger partial charge is 0.427 e. The summed E-state index contributed by atoms with van der Waals surface area (Å²) in [5.74, 6) is 0. The highest BCUT2D eigenvalue weighted by Gasteiger charge is 2.55. The van der Waals surface area contributed by atoms with Crippen LogP contribution in [-0.4, -0.2) is 35.3 Å². The molecule has 0 radical (unpaired) electrons. The normalized spacial score (nSPS) is 13.8. The molecule has 0 amide bonds. The van der Waals surface area contributed by atoms with Gasteiger partial charge in [-0.1, -0.05) is 0 Å². The van der Waals surface area contributed by atoms with Crippen molar-refractivity contribution in [2.75, 3.05) is 13.2 Å². The van der Waals surface area contributed by atoms with Crippen LogP contribution in [0.3, 0.4) is 0 Å². The molecule has 0 aliphatic rings. The summed E-state index contributed by atoms with van der Waals surface area (Å²) in [5.41, 5.74) is -3.87. The van der Waals surface area contributed by atoms with Crippen molar-refractivity contribution >= 4 is 0 Å². The van der Waals surface area contributed by atoms with Crippen molar-refractivity contribution in [3.63, 3.8) is 0 Å². The lowest BCUT2D eigenvalue weighted by Crippen LogP contribution is -2.47. The lowest BCUT2D eigenvalue weighted by Gasteiger charge is -2.22. The van der Waals surface area contributed by atoms with Gasteiger partial charge in [-0.15, -0.1) is 0 Å². The third kappa shape index (κ3) is 1.57. The van der Waals surface area contributed by atoms with Crippen LogP contribution in [0, 0.1) is 0 Å². The molecule has 0 aliphatic carbocycles. The standard InChI is InChI=1S/C4H6F4O2/c5-3(1-9,2-10)4(6,7)8/h9-10H,1-2H2. The highest BCUT2D eigenvalue weighted by molar-refractivity contribution is 4.85. The molecule has 0 aromatic heterocycles. The Kier molecular flexibility index (Phi) is 2.61. The maximum atomic E-state index is 12.1.